The number of nitrogens with one attached hydrogen (secondary N) is 2. The predicted octanol–water partition coefficient (Wildman–Crippen LogP) is 3.52. The summed E-state index contributed by atoms with van der Waals surface area (Å²) in [4.78, 5) is 36.9. The van der Waals surface area contributed by atoms with Crippen molar-refractivity contribution in [2.45, 2.75) is 44.6 Å². The molecule has 2 amide bonds. The van der Waals surface area contributed by atoms with E-state index in [1.54, 1.807) is 18.2 Å². The molecule has 2 N–H and O–H groups in total. The van der Waals surface area contributed by atoms with Crippen LogP contribution in [-0.2, 0) is 20.7 Å². The number of benzene rings is 2. The number of hydrogen-bond donors (Lipinski definition) is 2. The largest absolute Gasteiger partial charge is 0.460 e. The third-order valence-electron chi connectivity index (χ3n) is 4.33. The number of hydrogen-bond acceptors (Lipinski definition) is 5. The highest BCUT2D eigenvalue weighted by Crippen LogP contribution is 2.23. The fourth-order valence-electron chi connectivity index (χ4n) is 2.78. The molecule has 0 bridgehead atoms. The number of aryl methyl sites for hydroxylation is 2. The van der Waals surface area contributed by atoms with Crippen molar-refractivity contribution in [3.05, 3.63) is 65.2 Å². The predicted molar refractivity (Wildman–Crippen MR) is 123 cm³/mol. The van der Waals surface area contributed by atoms with Gasteiger partial charge in [-0.15, -0.1) is 11.8 Å². The van der Waals surface area contributed by atoms with Crippen LogP contribution in [0.1, 0.15) is 41.8 Å². The van der Waals surface area contributed by atoms with E-state index < -0.39 is 5.97 Å². The van der Waals surface area contributed by atoms with Crippen molar-refractivity contribution < 1.29 is 19.1 Å². The minimum Gasteiger partial charge on any atom is -0.460 e. The zero-order valence-electron chi connectivity index (χ0n) is 18.3. The molecule has 0 atom stereocenters. The van der Waals surface area contributed by atoms with Crippen LogP contribution in [0.3, 0.4) is 0 Å². The van der Waals surface area contributed by atoms with Crippen molar-refractivity contribution in [1.29, 1.82) is 0 Å². The van der Waals surface area contributed by atoms with E-state index in [0.717, 1.165) is 5.56 Å². The third kappa shape index (κ3) is 9.26. The summed E-state index contributed by atoms with van der Waals surface area (Å²) in [7, 11) is 0. The molecule has 0 aliphatic rings. The lowest BCUT2D eigenvalue weighted by atomic mass is 10.1. The average Bonchev–Trinajstić information content (AvgIpc) is 2.74. The number of carbonyl (C=O) groups excluding carboxylic acids is 3. The second-order valence-corrected chi connectivity index (χ2v) is 8.50. The minimum absolute atomic E-state index is 0.0698. The maximum atomic E-state index is 12.4. The van der Waals surface area contributed by atoms with Gasteiger partial charge in [-0.25, -0.2) is 4.79 Å². The second-order valence-electron chi connectivity index (χ2n) is 7.48. The lowest BCUT2D eigenvalue weighted by molar-refractivity contribution is -0.121. The van der Waals surface area contributed by atoms with Gasteiger partial charge >= 0.3 is 5.97 Å². The molecule has 0 saturated carbocycles. The molecule has 0 fully saturated rings. The first-order chi connectivity index (χ1) is 14.8. The van der Waals surface area contributed by atoms with Gasteiger partial charge in [-0.3, -0.25) is 9.59 Å². The summed E-state index contributed by atoms with van der Waals surface area (Å²) >= 11 is 1.29. The van der Waals surface area contributed by atoms with Crippen LogP contribution in [0, 0.1) is 6.92 Å². The molecular formula is C24H30N2O4S. The molecule has 6 nitrogen and oxygen atoms in total. The molecule has 7 heteroatoms. The van der Waals surface area contributed by atoms with Gasteiger partial charge in [-0.05, 0) is 44.9 Å². The lowest BCUT2D eigenvalue weighted by Crippen LogP contribution is -2.31. The molecule has 31 heavy (non-hydrogen) atoms. The monoisotopic (exact) mass is 442 g/mol. The number of esters is 1. The topological polar surface area (TPSA) is 84.5 Å². The fourth-order valence-corrected chi connectivity index (χ4v) is 3.63. The first-order valence-electron chi connectivity index (χ1n) is 10.4. The maximum Gasteiger partial charge on any atom is 0.339 e. The van der Waals surface area contributed by atoms with E-state index in [4.69, 9.17) is 4.74 Å². The van der Waals surface area contributed by atoms with Crippen LogP contribution in [0.4, 0.5) is 0 Å². The molecule has 0 unspecified atom stereocenters. The number of rotatable bonds is 11. The maximum absolute atomic E-state index is 12.4. The number of carbonyl (C=O) groups is 3. The summed E-state index contributed by atoms with van der Waals surface area (Å²) in [5, 5.41) is 5.59. The van der Waals surface area contributed by atoms with Gasteiger partial charge in [-0.1, -0.05) is 42.0 Å². The molecule has 0 aromatic heterocycles. The first-order valence-corrected chi connectivity index (χ1v) is 11.3. The highest BCUT2D eigenvalue weighted by molar-refractivity contribution is 8.00. The van der Waals surface area contributed by atoms with Gasteiger partial charge in [0.25, 0.3) is 0 Å². The average molecular weight is 443 g/mol. The molecule has 0 spiro atoms. The van der Waals surface area contributed by atoms with Crippen LogP contribution in [0.15, 0.2) is 53.4 Å². The van der Waals surface area contributed by atoms with Gasteiger partial charge < -0.3 is 15.4 Å². The van der Waals surface area contributed by atoms with Crippen molar-refractivity contribution in [1.82, 2.24) is 10.6 Å². The molecule has 2 aromatic rings. The quantitative estimate of drug-likeness (QED) is 0.316. The fraction of sp³-hybridized carbons (Fsp3) is 0.375. The Bertz CT molecular complexity index is 881. The number of thioether (sulfide) groups is 1. The smallest absolute Gasteiger partial charge is 0.339 e. The molecule has 0 aliphatic carbocycles. The summed E-state index contributed by atoms with van der Waals surface area (Å²) in [5.74, 6) is -0.416. The van der Waals surface area contributed by atoms with E-state index in [-0.39, 0.29) is 36.8 Å². The molecule has 0 aliphatic heterocycles. The third-order valence-corrected chi connectivity index (χ3v) is 5.41. The number of ether oxygens (including phenoxy) is 1. The highest BCUT2D eigenvalue weighted by atomic mass is 32.2. The Morgan fingerprint density at radius 3 is 2.42 bits per heavy atom. The standard InChI is InChI=1S/C24H30N2O4S/c1-17(2)26-23(28)16-31-21-7-5-4-6-20(21)24(29)30-15-14-25-22(27)13-12-19-10-8-18(3)9-11-19/h4-11,17H,12-16H2,1-3H3,(H,25,27)(H,26,28). The van der Waals surface area contributed by atoms with E-state index in [2.05, 4.69) is 10.6 Å². The number of amides is 2. The minimum atomic E-state index is -0.471. The van der Waals surface area contributed by atoms with E-state index in [9.17, 15) is 14.4 Å². The van der Waals surface area contributed by atoms with Crippen LogP contribution < -0.4 is 10.6 Å². The van der Waals surface area contributed by atoms with Crippen molar-refractivity contribution >= 4 is 29.5 Å². The molecule has 2 rings (SSSR count). The lowest BCUT2D eigenvalue weighted by Gasteiger charge is -2.11. The summed E-state index contributed by atoms with van der Waals surface area (Å²) < 4.78 is 5.30. The first kappa shape index (κ1) is 24.5. The van der Waals surface area contributed by atoms with Crippen LogP contribution in [-0.4, -0.2) is 42.7 Å². The summed E-state index contributed by atoms with van der Waals surface area (Å²) in [6.07, 6.45) is 1.05. The summed E-state index contributed by atoms with van der Waals surface area (Å²) in [6, 6.07) is 15.2. The normalized spacial score (nSPS) is 10.6. The van der Waals surface area contributed by atoms with Crippen molar-refractivity contribution in [3.8, 4) is 0 Å². The van der Waals surface area contributed by atoms with Gasteiger partial charge in [0.05, 0.1) is 17.9 Å². The van der Waals surface area contributed by atoms with Gasteiger partial charge in [0, 0.05) is 17.4 Å². The van der Waals surface area contributed by atoms with Gasteiger partial charge in [0.1, 0.15) is 6.61 Å². The van der Waals surface area contributed by atoms with Crippen LogP contribution in [0.25, 0.3) is 0 Å². The Balaban J connectivity index is 1.72. The van der Waals surface area contributed by atoms with Crippen molar-refractivity contribution in [2.75, 3.05) is 18.9 Å². The van der Waals surface area contributed by atoms with E-state index in [1.807, 2.05) is 51.1 Å². The van der Waals surface area contributed by atoms with E-state index in [1.165, 1.54) is 17.3 Å². The summed E-state index contributed by atoms with van der Waals surface area (Å²) in [5.41, 5.74) is 2.72. The molecule has 0 heterocycles. The Morgan fingerprint density at radius 2 is 1.71 bits per heavy atom. The van der Waals surface area contributed by atoms with Crippen LogP contribution in [0.2, 0.25) is 0 Å². The Kier molecular flexibility index (Phi) is 10.1. The van der Waals surface area contributed by atoms with Crippen molar-refractivity contribution in [3.63, 3.8) is 0 Å². The van der Waals surface area contributed by atoms with Crippen LogP contribution >= 0.6 is 11.8 Å². The SMILES string of the molecule is Cc1ccc(CCC(=O)NCCOC(=O)c2ccccc2SCC(=O)NC(C)C)cc1. The second kappa shape index (κ2) is 12.8. The molecule has 0 radical (unpaired) electrons. The Hall–Kier alpha value is -2.80. The molecule has 166 valence electrons. The van der Waals surface area contributed by atoms with Gasteiger partial charge in [0.2, 0.25) is 11.8 Å². The van der Waals surface area contributed by atoms with Gasteiger partial charge in [-0.2, -0.15) is 0 Å². The molecule has 0 saturated heterocycles. The molecule has 2 aromatic carbocycles. The van der Waals surface area contributed by atoms with Gasteiger partial charge in [0.15, 0.2) is 0 Å². The van der Waals surface area contributed by atoms with Crippen LogP contribution in [0.5, 0.6) is 0 Å². The zero-order valence-corrected chi connectivity index (χ0v) is 19.1. The zero-order chi connectivity index (χ0) is 22.6. The Labute approximate surface area is 188 Å². The van der Waals surface area contributed by atoms with Crippen molar-refractivity contribution in [2.24, 2.45) is 0 Å². The highest BCUT2D eigenvalue weighted by Gasteiger charge is 2.14. The Morgan fingerprint density at radius 1 is 1.00 bits per heavy atom. The van der Waals surface area contributed by atoms with E-state index >= 15 is 0 Å². The summed E-state index contributed by atoms with van der Waals surface area (Å²) in [6.45, 7) is 6.16. The molecular weight excluding hydrogens is 412 g/mol. The van der Waals surface area contributed by atoms with E-state index in [0.29, 0.717) is 23.3 Å².